The number of fused-ring (bicyclic) bond motifs is 2. The van der Waals surface area contributed by atoms with Crippen LogP contribution in [0.2, 0.25) is 5.02 Å². The molecule has 0 atom stereocenters. The van der Waals surface area contributed by atoms with Gasteiger partial charge in [0.1, 0.15) is 0 Å². The van der Waals surface area contributed by atoms with Crippen molar-refractivity contribution in [1.82, 2.24) is 15.0 Å². The van der Waals surface area contributed by atoms with Gasteiger partial charge in [0.2, 0.25) is 0 Å². The molecule has 0 spiro atoms. The first-order valence-electron chi connectivity index (χ1n) is 12.8. The maximum atomic E-state index is 6.46. The summed E-state index contributed by atoms with van der Waals surface area (Å²) in [6.45, 7) is 0. The Hall–Kier alpha value is -4.86. The maximum absolute atomic E-state index is 6.46. The van der Waals surface area contributed by atoms with Crippen LogP contribution in [0.3, 0.4) is 0 Å². The predicted molar refractivity (Wildman–Crippen MR) is 162 cm³/mol. The van der Waals surface area contributed by atoms with Crippen molar-refractivity contribution in [3.8, 4) is 45.3 Å². The highest BCUT2D eigenvalue weighted by atomic mass is 35.5. The van der Waals surface area contributed by atoms with Gasteiger partial charge in [-0.2, -0.15) is 0 Å². The predicted octanol–water partition coefficient (Wildman–Crippen LogP) is 9.50. The highest BCUT2D eigenvalue weighted by Crippen LogP contribution is 2.34. The second-order valence-corrected chi connectivity index (χ2v) is 9.86. The largest absolute Gasteiger partial charge is 0.208 e. The molecule has 0 radical (unpaired) electrons. The van der Waals surface area contributed by atoms with Crippen LogP contribution < -0.4 is 0 Å². The molecular weight excluding hydrogens is 498 g/mol. The summed E-state index contributed by atoms with van der Waals surface area (Å²) in [4.78, 5) is 14.7. The topological polar surface area (TPSA) is 38.7 Å². The Morgan fingerprint density at radius 3 is 1.67 bits per heavy atom. The highest BCUT2D eigenvalue weighted by molar-refractivity contribution is 6.36. The van der Waals surface area contributed by atoms with Gasteiger partial charge >= 0.3 is 0 Å². The molecule has 3 nitrogen and oxygen atoms in total. The van der Waals surface area contributed by atoms with E-state index in [-0.39, 0.29) is 0 Å². The van der Waals surface area contributed by atoms with Crippen molar-refractivity contribution in [3.63, 3.8) is 0 Å². The summed E-state index contributed by atoms with van der Waals surface area (Å²) in [5.41, 5.74) is 5.09. The second kappa shape index (κ2) is 9.79. The van der Waals surface area contributed by atoms with Crippen LogP contribution in [0.4, 0.5) is 0 Å². The van der Waals surface area contributed by atoms with Crippen LogP contribution in [0.25, 0.3) is 66.8 Å². The first kappa shape index (κ1) is 23.3. The normalized spacial score (nSPS) is 11.2. The average molecular weight is 520 g/mol. The Morgan fingerprint density at radius 1 is 0.385 bits per heavy atom. The average Bonchev–Trinajstić information content (AvgIpc) is 3.01. The quantitative estimate of drug-likeness (QED) is 0.232. The van der Waals surface area contributed by atoms with Crippen molar-refractivity contribution in [2.45, 2.75) is 0 Å². The van der Waals surface area contributed by atoms with Gasteiger partial charge in [0.25, 0.3) is 0 Å². The van der Waals surface area contributed by atoms with Gasteiger partial charge in [-0.15, -0.1) is 0 Å². The summed E-state index contributed by atoms with van der Waals surface area (Å²) in [5.74, 6) is 1.94. The van der Waals surface area contributed by atoms with E-state index < -0.39 is 0 Å². The van der Waals surface area contributed by atoms with Crippen molar-refractivity contribution in [2.75, 3.05) is 0 Å². The minimum Gasteiger partial charge on any atom is -0.208 e. The fraction of sp³-hybridized carbons (Fsp3) is 0. The molecule has 0 saturated carbocycles. The lowest BCUT2D eigenvalue weighted by Gasteiger charge is -2.11. The molecule has 4 heteroatoms. The fourth-order valence-electron chi connectivity index (χ4n) is 4.99. The molecular formula is C35H22ClN3. The summed E-state index contributed by atoms with van der Waals surface area (Å²) in [6.07, 6.45) is 0. The summed E-state index contributed by atoms with van der Waals surface area (Å²) < 4.78 is 0. The van der Waals surface area contributed by atoms with Gasteiger partial charge < -0.3 is 0 Å². The molecule has 0 fully saturated rings. The third-order valence-electron chi connectivity index (χ3n) is 7.00. The van der Waals surface area contributed by atoms with Crippen LogP contribution in [0.15, 0.2) is 133 Å². The van der Waals surface area contributed by atoms with E-state index in [1.54, 1.807) is 0 Å². The Balaban J connectivity index is 1.34. The molecule has 0 N–H and O–H groups in total. The number of halogens is 1. The number of nitrogens with zero attached hydrogens (tertiary/aromatic N) is 3. The lowest BCUT2D eigenvalue weighted by molar-refractivity contribution is 1.07. The van der Waals surface area contributed by atoms with Crippen LogP contribution in [0, 0.1) is 0 Å². The van der Waals surface area contributed by atoms with E-state index in [9.17, 15) is 0 Å². The molecule has 0 saturated heterocycles. The van der Waals surface area contributed by atoms with Crippen molar-refractivity contribution >= 4 is 33.1 Å². The van der Waals surface area contributed by atoms with E-state index in [0.29, 0.717) is 17.5 Å². The van der Waals surface area contributed by atoms with Crippen LogP contribution >= 0.6 is 11.6 Å². The number of aromatic nitrogens is 3. The van der Waals surface area contributed by atoms with Gasteiger partial charge in [0, 0.05) is 27.1 Å². The maximum Gasteiger partial charge on any atom is 0.164 e. The third-order valence-corrected chi connectivity index (χ3v) is 7.33. The summed E-state index contributed by atoms with van der Waals surface area (Å²) in [7, 11) is 0. The van der Waals surface area contributed by atoms with Crippen molar-refractivity contribution in [3.05, 3.63) is 138 Å². The fourth-order valence-corrected chi connectivity index (χ4v) is 5.22. The van der Waals surface area contributed by atoms with Crippen LogP contribution in [0.1, 0.15) is 0 Å². The standard InChI is InChI=1S/C35H22ClN3/c36-32-21-20-29(30-12-6-7-13-31(30)32)24-15-17-26(18-16-24)34-37-33(25-9-2-1-3-10-25)38-35(39-34)28-19-14-23-8-4-5-11-27(23)22-28/h1-22H. The van der Waals surface area contributed by atoms with Crippen LogP contribution in [0.5, 0.6) is 0 Å². The molecule has 0 aliphatic carbocycles. The Labute approximate surface area is 231 Å². The number of benzene rings is 6. The number of hydrogen-bond acceptors (Lipinski definition) is 3. The number of rotatable bonds is 4. The molecule has 0 aliphatic rings. The molecule has 1 aromatic heterocycles. The van der Waals surface area contributed by atoms with E-state index in [2.05, 4.69) is 72.8 Å². The molecule has 7 aromatic rings. The smallest absolute Gasteiger partial charge is 0.164 e. The molecule has 1 heterocycles. The van der Waals surface area contributed by atoms with E-state index in [1.807, 2.05) is 60.7 Å². The second-order valence-electron chi connectivity index (χ2n) is 9.45. The van der Waals surface area contributed by atoms with Gasteiger partial charge in [-0.3, -0.25) is 0 Å². The molecule has 0 bridgehead atoms. The van der Waals surface area contributed by atoms with Crippen LogP contribution in [-0.4, -0.2) is 15.0 Å². The molecule has 7 rings (SSSR count). The van der Waals surface area contributed by atoms with E-state index in [0.717, 1.165) is 49.0 Å². The third kappa shape index (κ3) is 4.43. The molecule has 0 unspecified atom stereocenters. The first-order chi connectivity index (χ1) is 19.2. The van der Waals surface area contributed by atoms with Crippen molar-refractivity contribution < 1.29 is 0 Å². The molecule has 0 aliphatic heterocycles. The molecule has 184 valence electrons. The summed E-state index contributed by atoms with van der Waals surface area (Å²) in [6, 6.07) is 45.3. The minimum absolute atomic E-state index is 0.638. The minimum atomic E-state index is 0.638. The molecule has 39 heavy (non-hydrogen) atoms. The van der Waals surface area contributed by atoms with Crippen molar-refractivity contribution in [2.24, 2.45) is 0 Å². The number of hydrogen-bond donors (Lipinski definition) is 0. The van der Waals surface area contributed by atoms with Gasteiger partial charge in [-0.05, 0) is 39.4 Å². The van der Waals surface area contributed by atoms with Gasteiger partial charge in [-0.25, -0.2) is 15.0 Å². The lowest BCUT2D eigenvalue weighted by atomic mass is 9.97. The Morgan fingerprint density at radius 2 is 0.923 bits per heavy atom. The first-order valence-corrected chi connectivity index (χ1v) is 13.2. The summed E-state index contributed by atoms with van der Waals surface area (Å²) in [5, 5.41) is 5.27. The van der Waals surface area contributed by atoms with Gasteiger partial charge in [0.05, 0.1) is 0 Å². The van der Waals surface area contributed by atoms with Crippen LogP contribution in [-0.2, 0) is 0 Å². The molecule has 6 aromatic carbocycles. The monoisotopic (exact) mass is 519 g/mol. The zero-order valence-corrected chi connectivity index (χ0v) is 21.7. The Kier molecular flexibility index (Phi) is 5.84. The highest BCUT2D eigenvalue weighted by Gasteiger charge is 2.13. The zero-order chi connectivity index (χ0) is 26.2. The summed E-state index contributed by atoms with van der Waals surface area (Å²) >= 11 is 6.46. The van der Waals surface area contributed by atoms with E-state index in [4.69, 9.17) is 26.6 Å². The van der Waals surface area contributed by atoms with Gasteiger partial charge in [0.15, 0.2) is 17.5 Å². The SMILES string of the molecule is Clc1ccc(-c2ccc(-c3nc(-c4ccccc4)nc(-c4ccc5ccccc5c4)n3)cc2)c2ccccc12. The molecule has 0 amide bonds. The van der Waals surface area contributed by atoms with E-state index in [1.165, 1.54) is 5.39 Å². The van der Waals surface area contributed by atoms with E-state index >= 15 is 0 Å². The van der Waals surface area contributed by atoms with Gasteiger partial charge in [-0.1, -0.05) is 133 Å². The Bertz CT molecular complexity index is 1970. The lowest BCUT2D eigenvalue weighted by Crippen LogP contribution is -2.00. The zero-order valence-electron chi connectivity index (χ0n) is 20.9. The van der Waals surface area contributed by atoms with Crippen molar-refractivity contribution in [1.29, 1.82) is 0 Å².